The van der Waals surface area contributed by atoms with Crippen LogP contribution < -0.4 is 0 Å². The number of benzene rings is 1. The van der Waals surface area contributed by atoms with Crippen LogP contribution in [0.2, 0.25) is 0 Å². The number of hydrogen-bond acceptors (Lipinski definition) is 3. The lowest BCUT2D eigenvalue weighted by molar-refractivity contribution is 0.181. The molecule has 2 atom stereocenters. The molecule has 1 saturated heterocycles. The van der Waals surface area contributed by atoms with E-state index in [1.807, 2.05) is 25.1 Å². The van der Waals surface area contributed by atoms with Gasteiger partial charge in [0, 0.05) is 12.5 Å². The molecule has 3 nitrogen and oxygen atoms in total. The average molecular weight is 217 g/mol. The fourth-order valence-electron chi connectivity index (χ4n) is 2.16. The summed E-state index contributed by atoms with van der Waals surface area (Å²) in [5.41, 5.74) is 2.27. The second-order valence-corrected chi connectivity index (χ2v) is 4.20. The topological polar surface area (TPSA) is 38.7 Å². The first-order valence-electron chi connectivity index (χ1n) is 5.52. The maximum absolute atomic E-state index is 10.5. The predicted molar refractivity (Wildman–Crippen MR) is 61.0 cm³/mol. The van der Waals surface area contributed by atoms with E-state index >= 15 is 0 Å². The number of aryl methyl sites for hydroxylation is 1. The molecular formula is C13H15NO2. The molecular weight excluding hydrogens is 202 g/mol. The monoisotopic (exact) mass is 217 g/mol. The van der Waals surface area contributed by atoms with E-state index in [1.165, 1.54) is 5.56 Å². The van der Waals surface area contributed by atoms with Crippen molar-refractivity contribution in [2.45, 2.75) is 19.4 Å². The third-order valence-corrected chi connectivity index (χ3v) is 2.99. The summed E-state index contributed by atoms with van der Waals surface area (Å²) < 4.78 is 5.35. The number of carbonyl (C=O) groups excluding carboxylic acids is 1. The van der Waals surface area contributed by atoms with Crippen molar-refractivity contribution in [1.82, 2.24) is 0 Å². The average Bonchev–Trinajstić information content (AvgIpc) is 2.79. The highest BCUT2D eigenvalue weighted by Crippen LogP contribution is 2.31. The zero-order valence-electron chi connectivity index (χ0n) is 9.35. The SMILES string of the molecule is Cc1cccc(C(N=C=O)C2CCOC2)c1. The lowest BCUT2D eigenvalue weighted by atomic mass is 9.92. The van der Waals surface area contributed by atoms with Gasteiger partial charge in [-0.15, -0.1) is 0 Å². The predicted octanol–water partition coefficient (Wildman–Crippen LogP) is 2.41. The van der Waals surface area contributed by atoms with E-state index in [1.54, 1.807) is 6.08 Å². The van der Waals surface area contributed by atoms with E-state index in [4.69, 9.17) is 4.74 Å². The van der Waals surface area contributed by atoms with Gasteiger partial charge in [0.15, 0.2) is 0 Å². The normalized spacial score (nSPS) is 21.4. The van der Waals surface area contributed by atoms with Crippen LogP contribution in [-0.2, 0) is 9.53 Å². The van der Waals surface area contributed by atoms with Gasteiger partial charge in [-0.05, 0) is 18.9 Å². The molecule has 2 rings (SSSR count). The minimum absolute atomic E-state index is 0.0973. The van der Waals surface area contributed by atoms with E-state index in [0.29, 0.717) is 12.5 Å². The Bertz CT molecular complexity index is 404. The summed E-state index contributed by atoms with van der Waals surface area (Å²) in [4.78, 5) is 14.4. The van der Waals surface area contributed by atoms with E-state index in [-0.39, 0.29) is 6.04 Å². The molecule has 1 aliphatic rings. The van der Waals surface area contributed by atoms with Crippen molar-refractivity contribution in [3.05, 3.63) is 35.4 Å². The smallest absolute Gasteiger partial charge is 0.235 e. The quantitative estimate of drug-likeness (QED) is 0.576. The highest BCUT2D eigenvalue weighted by atomic mass is 16.5. The Morgan fingerprint density at radius 1 is 1.56 bits per heavy atom. The molecule has 0 aromatic heterocycles. The zero-order valence-corrected chi connectivity index (χ0v) is 9.35. The summed E-state index contributed by atoms with van der Waals surface area (Å²) in [6.45, 7) is 3.49. The van der Waals surface area contributed by atoms with Gasteiger partial charge in [-0.25, -0.2) is 4.79 Å². The van der Waals surface area contributed by atoms with Gasteiger partial charge in [-0.3, -0.25) is 0 Å². The first kappa shape index (κ1) is 11.1. The first-order valence-corrected chi connectivity index (χ1v) is 5.52. The number of aliphatic imine (C=N–C) groups is 1. The minimum Gasteiger partial charge on any atom is -0.381 e. The van der Waals surface area contributed by atoms with Crippen molar-refractivity contribution in [2.75, 3.05) is 13.2 Å². The van der Waals surface area contributed by atoms with E-state index < -0.39 is 0 Å². The van der Waals surface area contributed by atoms with Gasteiger partial charge in [-0.2, -0.15) is 4.99 Å². The molecule has 0 saturated carbocycles. The van der Waals surface area contributed by atoms with Crippen molar-refractivity contribution < 1.29 is 9.53 Å². The standard InChI is InChI=1S/C13H15NO2/c1-10-3-2-4-11(7-10)13(14-9-15)12-5-6-16-8-12/h2-4,7,12-13H,5-6,8H2,1H3. The second-order valence-electron chi connectivity index (χ2n) is 4.20. The van der Waals surface area contributed by atoms with Crippen molar-refractivity contribution in [2.24, 2.45) is 10.9 Å². The molecule has 0 N–H and O–H groups in total. The second kappa shape index (κ2) is 5.06. The Hall–Kier alpha value is -1.44. The number of hydrogen-bond donors (Lipinski definition) is 0. The Morgan fingerprint density at radius 2 is 2.44 bits per heavy atom. The molecule has 0 aliphatic carbocycles. The molecule has 1 aromatic carbocycles. The number of ether oxygens (including phenoxy) is 1. The maximum atomic E-state index is 10.5. The summed E-state index contributed by atoms with van der Waals surface area (Å²) in [7, 11) is 0. The minimum atomic E-state index is -0.0973. The molecule has 1 aliphatic heterocycles. The van der Waals surface area contributed by atoms with Crippen LogP contribution in [0.5, 0.6) is 0 Å². The largest absolute Gasteiger partial charge is 0.381 e. The van der Waals surface area contributed by atoms with Gasteiger partial charge in [0.05, 0.1) is 12.6 Å². The maximum Gasteiger partial charge on any atom is 0.235 e. The summed E-state index contributed by atoms with van der Waals surface area (Å²) in [6, 6.07) is 8.02. The van der Waals surface area contributed by atoms with Crippen LogP contribution in [0.3, 0.4) is 0 Å². The van der Waals surface area contributed by atoms with Crippen LogP contribution in [0.4, 0.5) is 0 Å². The van der Waals surface area contributed by atoms with Gasteiger partial charge in [0.1, 0.15) is 0 Å². The van der Waals surface area contributed by atoms with Crippen LogP contribution >= 0.6 is 0 Å². The van der Waals surface area contributed by atoms with Gasteiger partial charge in [-0.1, -0.05) is 29.8 Å². The first-order chi connectivity index (χ1) is 7.81. The Balaban J connectivity index is 2.27. The lowest BCUT2D eigenvalue weighted by Crippen LogP contribution is -2.11. The fourth-order valence-corrected chi connectivity index (χ4v) is 2.16. The third kappa shape index (κ3) is 2.38. The fraction of sp³-hybridized carbons (Fsp3) is 0.462. The van der Waals surface area contributed by atoms with Gasteiger partial charge in [0.25, 0.3) is 0 Å². The van der Waals surface area contributed by atoms with Crippen LogP contribution in [0, 0.1) is 12.8 Å². The molecule has 16 heavy (non-hydrogen) atoms. The van der Waals surface area contributed by atoms with Crippen LogP contribution in [0.25, 0.3) is 0 Å². The Morgan fingerprint density at radius 3 is 3.06 bits per heavy atom. The van der Waals surface area contributed by atoms with Crippen LogP contribution in [-0.4, -0.2) is 19.3 Å². The zero-order chi connectivity index (χ0) is 11.4. The molecule has 0 radical (unpaired) electrons. The van der Waals surface area contributed by atoms with Gasteiger partial charge < -0.3 is 4.74 Å². The van der Waals surface area contributed by atoms with E-state index in [2.05, 4.69) is 11.1 Å². The number of isocyanates is 1. The highest BCUT2D eigenvalue weighted by Gasteiger charge is 2.26. The van der Waals surface area contributed by atoms with Crippen LogP contribution in [0.15, 0.2) is 29.3 Å². The molecule has 2 unspecified atom stereocenters. The van der Waals surface area contributed by atoms with Crippen molar-refractivity contribution in [1.29, 1.82) is 0 Å². The van der Waals surface area contributed by atoms with Crippen LogP contribution in [0.1, 0.15) is 23.6 Å². The van der Waals surface area contributed by atoms with Gasteiger partial charge >= 0.3 is 0 Å². The molecule has 1 aromatic rings. The Kier molecular flexibility index (Phi) is 3.50. The molecule has 0 bridgehead atoms. The summed E-state index contributed by atoms with van der Waals surface area (Å²) in [5, 5.41) is 0. The van der Waals surface area contributed by atoms with Crippen molar-refractivity contribution >= 4 is 6.08 Å². The third-order valence-electron chi connectivity index (χ3n) is 2.99. The van der Waals surface area contributed by atoms with Gasteiger partial charge in [0.2, 0.25) is 6.08 Å². The molecule has 3 heteroatoms. The van der Waals surface area contributed by atoms with E-state index in [9.17, 15) is 4.79 Å². The number of rotatable bonds is 3. The summed E-state index contributed by atoms with van der Waals surface area (Å²) >= 11 is 0. The number of nitrogens with zero attached hydrogens (tertiary/aromatic N) is 1. The molecule has 0 spiro atoms. The summed E-state index contributed by atoms with van der Waals surface area (Å²) in [5.74, 6) is 0.309. The van der Waals surface area contributed by atoms with Crippen molar-refractivity contribution in [3.8, 4) is 0 Å². The van der Waals surface area contributed by atoms with E-state index in [0.717, 1.165) is 18.6 Å². The highest BCUT2D eigenvalue weighted by molar-refractivity contribution is 5.36. The summed E-state index contributed by atoms with van der Waals surface area (Å²) in [6.07, 6.45) is 2.64. The van der Waals surface area contributed by atoms with Crippen molar-refractivity contribution in [3.63, 3.8) is 0 Å². The lowest BCUT2D eigenvalue weighted by Gasteiger charge is -2.17. The molecule has 1 heterocycles. The molecule has 1 fully saturated rings. The molecule has 0 amide bonds. The molecule has 84 valence electrons. The Labute approximate surface area is 95.2 Å².